The van der Waals surface area contributed by atoms with E-state index >= 15 is 0 Å². The number of benzene rings is 1. The van der Waals surface area contributed by atoms with Crippen molar-refractivity contribution in [3.63, 3.8) is 0 Å². The zero-order chi connectivity index (χ0) is 19.2. The Hall–Kier alpha value is -2.55. The number of allylic oxidation sites excluding steroid dienone is 1. The lowest BCUT2D eigenvalue weighted by Gasteiger charge is -2.13. The van der Waals surface area contributed by atoms with Crippen LogP contribution in [0.4, 0.5) is 8.78 Å². The number of rotatable bonds is 4. The van der Waals surface area contributed by atoms with E-state index in [2.05, 4.69) is 20.7 Å². The minimum atomic E-state index is -1.06. The average molecular weight is 423 g/mol. The van der Waals surface area contributed by atoms with E-state index in [0.717, 1.165) is 25.5 Å². The van der Waals surface area contributed by atoms with Gasteiger partial charge in [0.15, 0.2) is 30.4 Å². The molecule has 0 amide bonds. The number of ketones is 3. The zero-order valence-electron chi connectivity index (χ0n) is 13.6. The molecule has 0 atom stereocenters. The predicted octanol–water partition coefficient (Wildman–Crippen LogP) is 3.11. The van der Waals surface area contributed by atoms with Gasteiger partial charge in [-0.05, 0) is 33.5 Å². The number of carbonyl (C=O) groups is 3. The molecule has 0 unspecified atom stereocenters. The molecule has 0 fully saturated rings. The van der Waals surface area contributed by atoms with Crippen LogP contribution in [0.15, 0.2) is 27.3 Å². The summed E-state index contributed by atoms with van der Waals surface area (Å²) in [4.78, 5) is 37.1. The van der Waals surface area contributed by atoms with Gasteiger partial charge in [-0.25, -0.2) is 8.78 Å². The molecule has 1 aliphatic carbocycles. The Morgan fingerprint density at radius 1 is 1.19 bits per heavy atom. The number of Topliss-reactive ketones (excluding diaryl/α,β-unsaturated/α-hetero) is 2. The van der Waals surface area contributed by atoms with Gasteiger partial charge < -0.3 is 9.15 Å². The van der Waals surface area contributed by atoms with Gasteiger partial charge in [-0.3, -0.25) is 14.4 Å². The average Bonchev–Trinajstić information content (AvgIpc) is 3.04. The van der Waals surface area contributed by atoms with Gasteiger partial charge in [0.1, 0.15) is 12.0 Å². The normalized spacial score (nSPS) is 13.7. The van der Waals surface area contributed by atoms with E-state index in [9.17, 15) is 23.2 Å². The maximum Gasteiger partial charge on any atom is 0.240 e. The van der Waals surface area contributed by atoms with Crippen LogP contribution < -0.4 is 4.74 Å². The van der Waals surface area contributed by atoms with Crippen LogP contribution in [0.2, 0.25) is 6.82 Å². The van der Waals surface area contributed by atoms with Crippen LogP contribution in [0, 0.1) is 11.6 Å². The third kappa shape index (κ3) is 2.63. The Kier molecular flexibility index (Phi) is 4.66. The molecule has 26 heavy (non-hydrogen) atoms. The first-order valence-electron chi connectivity index (χ1n) is 7.49. The van der Waals surface area contributed by atoms with Crippen molar-refractivity contribution in [2.45, 2.75) is 6.82 Å². The number of ether oxygens (including phenoxy) is 1. The Bertz CT molecular complexity index is 986. The number of carbonyl (C=O) groups excluding carboxylic acids is 3. The number of fused-ring (bicyclic) bond motifs is 1. The highest BCUT2D eigenvalue weighted by atomic mass is 79.9. The topological polar surface area (TPSA) is 73.6 Å². The molecule has 1 aromatic carbocycles. The molecule has 1 heterocycles. The van der Waals surface area contributed by atoms with Crippen LogP contribution in [0.5, 0.6) is 5.75 Å². The molecule has 1 aliphatic rings. The number of furan rings is 1. The molecule has 0 N–H and O–H groups in total. The molecule has 0 radical (unpaired) electrons. The summed E-state index contributed by atoms with van der Waals surface area (Å²) < 4.78 is 37.8. The lowest BCUT2D eigenvalue weighted by Crippen LogP contribution is -2.24. The van der Waals surface area contributed by atoms with E-state index in [1.807, 2.05) is 0 Å². The molecule has 3 rings (SSSR count). The summed E-state index contributed by atoms with van der Waals surface area (Å²) in [6.45, 7) is 1.75. The fraction of sp³-hybridized carbons (Fsp3) is 0.118. The van der Waals surface area contributed by atoms with Crippen LogP contribution in [-0.4, -0.2) is 31.7 Å². The fourth-order valence-electron chi connectivity index (χ4n) is 2.78. The molecule has 1 aromatic heterocycles. The number of hydrogen-bond donors (Lipinski definition) is 0. The smallest absolute Gasteiger partial charge is 0.240 e. The molecule has 2 aromatic rings. The SMILES string of the molecule is CBC1=C(Br)C(=O)C(=O)c2c(C(=O)c3cc(F)c(OC)c(F)c3)coc21. The van der Waals surface area contributed by atoms with Crippen molar-refractivity contribution in [1.82, 2.24) is 0 Å². The second-order valence-electron chi connectivity index (χ2n) is 5.46. The maximum atomic E-state index is 13.9. The molecule has 5 nitrogen and oxygen atoms in total. The molecule has 132 valence electrons. The summed E-state index contributed by atoms with van der Waals surface area (Å²) in [6, 6.07) is 1.59. The summed E-state index contributed by atoms with van der Waals surface area (Å²) >= 11 is 3.07. The number of hydrogen-bond acceptors (Lipinski definition) is 5. The minimum Gasteiger partial charge on any atom is -0.491 e. The summed E-state index contributed by atoms with van der Waals surface area (Å²) in [5.74, 6) is -5.22. The van der Waals surface area contributed by atoms with Crippen LogP contribution in [0.25, 0.3) is 5.47 Å². The first-order chi connectivity index (χ1) is 12.3. The highest BCUT2D eigenvalue weighted by Crippen LogP contribution is 2.36. The van der Waals surface area contributed by atoms with Gasteiger partial charge in [0.2, 0.25) is 11.6 Å². The Balaban J connectivity index is 2.15. The first-order valence-corrected chi connectivity index (χ1v) is 8.28. The van der Waals surface area contributed by atoms with Gasteiger partial charge in [0.05, 0.1) is 22.7 Å². The maximum absolute atomic E-state index is 13.9. The molecule has 0 spiro atoms. The van der Waals surface area contributed by atoms with Gasteiger partial charge in [-0.2, -0.15) is 0 Å². The second kappa shape index (κ2) is 6.64. The van der Waals surface area contributed by atoms with Crippen molar-refractivity contribution in [3.05, 3.63) is 57.0 Å². The van der Waals surface area contributed by atoms with Gasteiger partial charge in [-0.1, -0.05) is 6.82 Å². The van der Waals surface area contributed by atoms with Crippen molar-refractivity contribution >= 4 is 46.0 Å². The Morgan fingerprint density at radius 2 is 1.81 bits per heavy atom. The van der Waals surface area contributed by atoms with Crippen LogP contribution in [-0.2, 0) is 4.79 Å². The highest BCUT2D eigenvalue weighted by Gasteiger charge is 2.37. The summed E-state index contributed by atoms with van der Waals surface area (Å²) in [7, 11) is 1.47. The Morgan fingerprint density at radius 3 is 2.35 bits per heavy atom. The lowest BCUT2D eigenvalue weighted by atomic mass is 9.67. The molecular formula is C17H10BBrF2O5. The van der Waals surface area contributed by atoms with Crippen molar-refractivity contribution in [1.29, 1.82) is 0 Å². The molecule has 0 saturated heterocycles. The zero-order valence-corrected chi connectivity index (χ0v) is 15.2. The molecule has 0 aliphatic heterocycles. The van der Waals surface area contributed by atoms with Crippen molar-refractivity contribution in [2.75, 3.05) is 7.11 Å². The van der Waals surface area contributed by atoms with E-state index < -0.39 is 34.7 Å². The van der Waals surface area contributed by atoms with Gasteiger partial charge >= 0.3 is 0 Å². The monoisotopic (exact) mass is 422 g/mol. The Labute approximate surface area is 155 Å². The van der Waals surface area contributed by atoms with Crippen molar-refractivity contribution < 1.29 is 32.3 Å². The summed E-state index contributed by atoms with van der Waals surface area (Å²) in [5, 5.41) is 0. The molecular weight excluding hydrogens is 413 g/mol. The fourth-order valence-corrected chi connectivity index (χ4v) is 3.42. The molecule has 0 bridgehead atoms. The predicted molar refractivity (Wildman–Crippen MR) is 93.2 cm³/mol. The number of methoxy groups -OCH3 is 1. The van der Waals surface area contributed by atoms with E-state index in [-0.39, 0.29) is 26.9 Å². The van der Waals surface area contributed by atoms with Gasteiger partial charge in [0, 0.05) is 5.56 Å². The standard InChI is InChI=1S/C17H10BBrF2O5/c1-18-11-12(19)15(24)14(23)10-7(5-26-17(10)11)13(22)6-3-8(20)16(25-2)9(21)4-6/h3-5,18H,1-2H3. The molecule has 9 heteroatoms. The molecule has 0 saturated carbocycles. The van der Waals surface area contributed by atoms with Crippen molar-refractivity contribution in [3.8, 4) is 5.75 Å². The van der Waals surface area contributed by atoms with E-state index in [1.165, 1.54) is 0 Å². The third-order valence-corrected chi connectivity index (χ3v) is 4.86. The van der Waals surface area contributed by atoms with E-state index in [0.29, 0.717) is 12.8 Å². The quantitative estimate of drug-likeness (QED) is 0.430. The van der Waals surface area contributed by atoms with E-state index in [1.54, 1.807) is 6.82 Å². The summed E-state index contributed by atoms with van der Waals surface area (Å²) in [5.41, 5.74) is -0.322. The second-order valence-corrected chi connectivity index (χ2v) is 6.25. The van der Waals surface area contributed by atoms with Gasteiger partial charge in [0.25, 0.3) is 0 Å². The van der Waals surface area contributed by atoms with E-state index in [4.69, 9.17) is 4.42 Å². The minimum absolute atomic E-state index is 0.0763. The largest absolute Gasteiger partial charge is 0.491 e. The summed E-state index contributed by atoms with van der Waals surface area (Å²) in [6.07, 6.45) is 1.01. The lowest BCUT2D eigenvalue weighted by molar-refractivity contribution is -0.111. The van der Waals surface area contributed by atoms with Crippen LogP contribution in [0.3, 0.4) is 0 Å². The third-order valence-electron chi connectivity index (χ3n) is 4.03. The highest BCUT2D eigenvalue weighted by molar-refractivity contribution is 9.12. The number of halogens is 3. The van der Waals surface area contributed by atoms with Crippen molar-refractivity contribution in [2.24, 2.45) is 0 Å². The van der Waals surface area contributed by atoms with Gasteiger partial charge in [-0.15, -0.1) is 0 Å². The van der Waals surface area contributed by atoms with Crippen LogP contribution >= 0.6 is 15.9 Å². The van der Waals surface area contributed by atoms with Crippen LogP contribution in [0.1, 0.15) is 32.0 Å². The first kappa shape index (κ1) is 18.3.